The molecule has 158 valence electrons. The molecule has 0 bridgehead atoms. The monoisotopic (exact) mass is 429 g/mol. The minimum absolute atomic E-state index is 0.0426. The number of benzene rings is 1. The van der Waals surface area contributed by atoms with E-state index in [-0.39, 0.29) is 27.7 Å². The molecule has 3 rings (SSSR count). The van der Waals surface area contributed by atoms with E-state index < -0.39 is 27.3 Å². The molecule has 0 unspecified atom stereocenters. The fourth-order valence-corrected chi connectivity index (χ4v) is 4.14. The lowest BCUT2D eigenvalue weighted by Gasteiger charge is -2.31. The zero-order chi connectivity index (χ0) is 22.1. The average Bonchev–Trinajstić information content (AvgIpc) is 2.72. The Morgan fingerprint density at radius 2 is 1.80 bits per heavy atom. The molecule has 1 amide bonds. The Bertz CT molecular complexity index is 1120. The molecular formula is C21H23N3O5S. The van der Waals surface area contributed by atoms with Crippen molar-refractivity contribution in [2.45, 2.75) is 32.1 Å². The zero-order valence-electron chi connectivity index (χ0n) is 17.2. The number of aromatic nitrogens is 1. The van der Waals surface area contributed by atoms with Gasteiger partial charge in [0.05, 0.1) is 10.3 Å². The lowest BCUT2D eigenvalue weighted by Crippen LogP contribution is -2.38. The number of pyridine rings is 1. The number of carbonyl (C=O) groups is 2. The normalized spacial score (nSPS) is 15.4. The highest BCUT2D eigenvalue weighted by molar-refractivity contribution is 7.89. The molecule has 0 saturated carbocycles. The molecule has 1 aliphatic rings. The molecule has 8 nitrogen and oxygen atoms in total. The highest BCUT2D eigenvalue weighted by Crippen LogP contribution is 2.38. The number of ether oxygens (including phenoxy) is 1. The number of nitrogens with one attached hydrogen (secondary N) is 1. The van der Waals surface area contributed by atoms with Crippen LogP contribution in [0.5, 0.6) is 0 Å². The van der Waals surface area contributed by atoms with Gasteiger partial charge in [0.1, 0.15) is 5.82 Å². The SMILES string of the molecule is CCC(C)(C)C(=O)OC1=C(C(=O)Nc2ccccn2)N(C)S(=O)(=O)c2ccccc21. The van der Waals surface area contributed by atoms with E-state index in [1.807, 2.05) is 6.92 Å². The van der Waals surface area contributed by atoms with Crippen LogP contribution in [0, 0.1) is 5.41 Å². The van der Waals surface area contributed by atoms with Crippen molar-refractivity contribution in [1.29, 1.82) is 0 Å². The van der Waals surface area contributed by atoms with Crippen molar-refractivity contribution in [3.05, 3.63) is 59.9 Å². The van der Waals surface area contributed by atoms with Crippen LogP contribution in [-0.4, -0.2) is 36.6 Å². The summed E-state index contributed by atoms with van der Waals surface area (Å²) in [5, 5.41) is 2.56. The maximum atomic E-state index is 13.1. The molecule has 0 saturated heterocycles. The maximum absolute atomic E-state index is 13.1. The van der Waals surface area contributed by atoms with Gasteiger partial charge in [0, 0.05) is 18.8 Å². The number of fused-ring (bicyclic) bond motifs is 1. The number of rotatable bonds is 5. The van der Waals surface area contributed by atoms with E-state index in [9.17, 15) is 18.0 Å². The summed E-state index contributed by atoms with van der Waals surface area (Å²) in [5.41, 5.74) is -0.957. The summed E-state index contributed by atoms with van der Waals surface area (Å²) < 4.78 is 32.5. The van der Waals surface area contributed by atoms with Crippen LogP contribution >= 0.6 is 0 Å². The summed E-state index contributed by atoms with van der Waals surface area (Å²) in [7, 11) is -2.77. The molecule has 1 aromatic carbocycles. The van der Waals surface area contributed by atoms with Gasteiger partial charge in [-0.1, -0.05) is 25.1 Å². The first-order valence-electron chi connectivity index (χ1n) is 9.37. The summed E-state index contributed by atoms with van der Waals surface area (Å²) >= 11 is 0. The molecule has 2 aromatic rings. The van der Waals surface area contributed by atoms with Gasteiger partial charge in [0.2, 0.25) is 0 Å². The number of likely N-dealkylation sites (N-methyl/N-ethyl adjacent to an activating group) is 1. The topological polar surface area (TPSA) is 106 Å². The number of amides is 1. The second kappa shape index (κ2) is 7.91. The summed E-state index contributed by atoms with van der Waals surface area (Å²) in [4.78, 5) is 29.9. The van der Waals surface area contributed by atoms with Crippen LogP contribution in [-0.2, 0) is 24.3 Å². The quantitative estimate of drug-likeness (QED) is 0.733. The molecule has 1 N–H and O–H groups in total. The van der Waals surface area contributed by atoms with E-state index in [0.29, 0.717) is 6.42 Å². The van der Waals surface area contributed by atoms with Gasteiger partial charge in [-0.15, -0.1) is 0 Å². The van der Waals surface area contributed by atoms with E-state index in [1.54, 1.807) is 44.2 Å². The lowest BCUT2D eigenvalue weighted by atomic mass is 9.90. The zero-order valence-corrected chi connectivity index (χ0v) is 18.0. The summed E-state index contributed by atoms with van der Waals surface area (Å²) in [6.07, 6.45) is 2.00. The van der Waals surface area contributed by atoms with E-state index >= 15 is 0 Å². The molecule has 0 fully saturated rings. The van der Waals surface area contributed by atoms with Crippen LogP contribution in [0.3, 0.4) is 0 Å². The van der Waals surface area contributed by atoms with Gasteiger partial charge in [-0.05, 0) is 44.5 Å². The molecule has 1 aromatic heterocycles. The first-order chi connectivity index (χ1) is 14.1. The van der Waals surface area contributed by atoms with Gasteiger partial charge >= 0.3 is 5.97 Å². The van der Waals surface area contributed by atoms with Crippen LogP contribution in [0.15, 0.2) is 59.3 Å². The number of anilines is 1. The summed E-state index contributed by atoms with van der Waals surface area (Å²) in [6, 6.07) is 11.0. The predicted molar refractivity (Wildman–Crippen MR) is 111 cm³/mol. The molecule has 9 heteroatoms. The Morgan fingerprint density at radius 1 is 1.13 bits per heavy atom. The van der Waals surface area contributed by atoms with Crippen molar-refractivity contribution in [3.63, 3.8) is 0 Å². The van der Waals surface area contributed by atoms with E-state index in [0.717, 1.165) is 4.31 Å². The molecule has 0 atom stereocenters. The van der Waals surface area contributed by atoms with Gasteiger partial charge in [0.25, 0.3) is 15.9 Å². The van der Waals surface area contributed by atoms with Crippen LogP contribution in [0.1, 0.15) is 32.8 Å². The summed E-state index contributed by atoms with van der Waals surface area (Å²) in [5.74, 6) is -1.20. The third kappa shape index (κ3) is 3.80. The third-order valence-electron chi connectivity index (χ3n) is 5.05. The largest absolute Gasteiger partial charge is 0.423 e. The lowest BCUT2D eigenvalue weighted by molar-refractivity contribution is -0.146. The number of hydrogen-bond acceptors (Lipinski definition) is 6. The second-order valence-corrected chi connectivity index (χ2v) is 9.38. The molecule has 1 aliphatic heterocycles. The number of carbonyl (C=O) groups excluding carboxylic acids is 2. The minimum atomic E-state index is -4.01. The van der Waals surface area contributed by atoms with Crippen molar-refractivity contribution in [1.82, 2.24) is 9.29 Å². The molecule has 0 spiro atoms. The van der Waals surface area contributed by atoms with E-state index in [4.69, 9.17) is 4.74 Å². The van der Waals surface area contributed by atoms with Crippen LogP contribution in [0.25, 0.3) is 5.76 Å². The van der Waals surface area contributed by atoms with Crippen LogP contribution < -0.4 is 5.32 Å². The average molecular weight is 429 g/mol. The van der Waals surface area contributed by atoms with E-state index in [1.165, 1.54) is 25.4 Å². The van der Waals surface area contributed by atoms with Crippen molar-refractivity contribution < 1.29 is 22.7 Å². The van der Waals surface area contributed by atoms with E-state index in [2.05, 4.69) is 10.3 Å². The highest BCUT2D eigenvalue weighted by Gasteiger charge is 2.41. The van der Waals surface area contributed by atoms with Crippen molar-refractivity contribution >= 4 is 33.5 Å². The minimum Gasteiger partial charge on any atom is -0.423 e. The molecule has 0 radical (unpaired) electrons. The Kier molecular flexibility index (Phi) is 5.67. The molecule has 0 aliphatic carbocycles. The first kappa shape index (κ1) is 21.5. The number of sulfonamides is 1. The second-order valence-electron chi connectivity index (χ2n) is 7.44. The van der Waals surface area contributed by atoms with Gasteiger partial charge in [-0.25, -0.2) is 13.4 Å². The summed E-state index contributed by atoms with van der Waals surface area (Å²) in [6.45, 7) is 5.28. The Hall–Kier alpha value is -3.20. The Labute approximate surface area is 175 Å². The highest BCUT2D eigenvalue weighted by atomic mass is 32.2. The third-order valence-corrected chi connectivity index (χ3v) is 6.87. The van der Waals surface area contributed by atoms with Crippen molar-refractivity contribution in [2.24, 2.45) is 5.41 Å². The van der Waals surface area contributed by atoms with Crippen molar-refractivity contribution in [3.8, 4) is 0 Å². The van der Waals surface area contributed by atoms with Crippen LogP contribution in [0.4, 0.5) is 5.82 Å². The molecule has 30 heavy (non-hydrogen) atoms. The fraction of sp³-hybridized carbons (Fsp3) is 0.286. The number of hydrogen-bond donors (Lipinski definition) is 1. The maximum Gasteiger partial charge on any atom is 0.316 e. The molecule has 2 heterocycles. The predicted octanol–water partition coefficient (Wildman–Crippen LogP) is 3.00. The first-order valence-corrected chi connectivity index (χ1v) is 10.8. The number of esters is 1. The Morgan fingerprint density at radius 3 is 2.43 bits per heavy atom. The smallest absolute Gasteiger partial charge is 0.316 e. The molecular weight excluding hydrogens is 406 g/mol. The van der Waals surface area contributed by atoms with Gasteiger partial charge in [0.15, 0.2) is 11.5 Å². The van der Waals surface area contributed by atoms with Crippen molar-refractivity contribution in [2.75, 3.05) is 12.4 Å². The number of nitrogens with zero attached hydrogens (tertiary/aromatic N) is 2. The van der Waals surface area contributed by atoms with Gasteiger partial charge in [-0.3, -0.25) is 13.9 Å². The Balaban J connectivity index is 2.18. The van der Waals surface area contributed by atoms with Gasteiger partial charge < -0.3 is 10.1 Å². The standard InChI is InChI=1S/C21H23N3O5S/c1-5-21(2,3)20(26)29-18-14-10-6-7-11-15(14)30(27,28)24(4)17(18)19(25)23-16-12-8-9-13-22-16/h6-13H,5H2,1-4H3,(H,22,23,25). The van der Waals surface area contributed by atoms with Gasteiger partial charge in [-0.2, -0.15) is 0 Å². The van der Waals surface area contributed by atoms with Crippen LogP contribution in [0.2, 0.25) is 0 Å². The fourth-order valence-electron chi connectivity index (χ4n) is 2.75.